The van der Waals surface area contributed by atoms with Crippen LogP contribution in [0.4, 0.5) is 17.1 Å². The fourth-order valence-electron chi connectivity index (χ4n) is 11.6. The van der Waals surface area contributed by atoms with Crippen molar-refractivity contribution in [1.82, 2.24) is 9.13 Å². The fraction of sp³-hybridized carbons (Fsp3) is 0. The van der Waals surface area contributed by atoms with Crippen LogP contribution in [0.5, 0.6) is 0 Å². The predicted octanol–water partition coefficient (Wildman–Crippen LogP) is 19.2. The van der Waals surface area contributed by atoms with Crippen molar-refractivity contribution in [2.45, 2.75) is 0 Å². The Kier molecular flexibility index (Phi) is 10.2. The number of anilines is 3. The van der Waals surface area contributed by atoms with Gasteiger partial charge in [0.25, 0.3) is 0 Å². The van der Waals surface area contributed by atoms with Gasteiger partial charge in [-0.15, -0.1) is 0 Å². The first-order valence-electron chi connectivity index (χ1n) is 25.1. The van der Waals surface area contributed by atoms with E-state index in [0.29, 0.717) is 0 Å². The minimum atomic E-state index is 1.06. The Bertz CT molecular complexity index is 4310. The van der Waals surface area contributed by atoms with Crippen LogP contribution in [0.25, 0.3) is 110 Å². The largest absolute Gasteiger partial charge is 0.309 e. The highest BCUT2D eigenvalue weighted by Gasteiger charge is 2.25. The van der Waals surface area contributed by atoms with Crippen molar-refractivity contribution in [3.8, 4) is 55.9 Å². The number of aromatic nitrogens is 2. The lowest BCUT2D eigenvalue weighted by Gasteiger charge is -2.29. The van der Waals surface area contributed by atoms with Gasteiger partial charge < -0.3 is 14.0 Å². The van der Waals surface area contributed by atoms with Crippen LogP contribution in [0.15, 0.2) is 285 Å². The molecule has 14 rings (SSSR count). The quantitative estimate of drug-likeness (QED) is 0.141. The zero-order valence-corrected chi connectivity index (χ0v) is 40.0. The Labute approximate surface area is 424 Å². The first-order chi connectivity index (χ1) is 36.3. The molecular weight excluding hydrogens is 883 g/mol. The van der Waals surface area contributed by atoms with Crippen LogP contribution >= 0.6 is 0 Å². The van der Waals surface area contributed by atoms with E-state index in [9.17, 15) is 0 Å². The van der Waals surface area contributed by atoms with E-state index >= 15 is 0 Å². The number of benzene rings is 12. The van der Waals surface area contributed by atoms with Crippen LogP contribution in [0.1, 0.15) is 0 Å². The zero-order valence-electron chi connectivity index (χ0n) is 40.0. The minimum absolute atomic E-state index is 1.06. The first kappa shape index (κ1) is 42.2. The van der Waals surface area contributed by atoms with Gasteiger partial charge in [-0.05, 0) is 111 Å². The lowest BCUT2D eigenvalue weighted by Crippen LogP contribution is -2.12. The van der Waals surface area contributed by atoms with E-state index in [2.05, 4.69) is 299 Å². The van der Waals surface area contributed by atoms with Crippen LogP contribution < -0.4 is 4.90 Å². The monoisotopic (exact) mass is 929 g/mol. The van der Waals surface area contributed by atoms with Gasteiger partial charge in [-0.3, -0.25) is 0 Å². The number of fused-ring (bicyclic) bond motifs is 7. The highest BCUT2D eigenvalue weighted by atomic mass is 15.2. The molecule has 0 aliphatic heterocycles. The molecule has 0 aliphatic carbocycles. The molecule has 0 fully saturated rings. The summed E-state index contributed by atoms with van der Waals surface area (Å²) in [5.41, 5.74) is 19.6. The SMILES string of the molecule is c1ccc(-c2cccc3cccc(-c4ccccc4-c4ccc(N(c5ccccc5-c5ccccc5-n5c6ccccc6c6ccccc65)c5cccc6c5c5ccccc5n6-c5ccccc5)cc4)c23)cc1. The Morgan fingerprint density at radius 2 is 0.726 bits per heavy atom. The molecule has 0 unspecified atom stereocenters. The number of rotatable bonds is 9. The van der Waals surface area contributed by atoms with Crippen molar-refractivity contribution in [2.75, 3.05) is 4.90 Å². The molecule has 342 valence electrons. The molecule has 0 N–H and O–H groups in total. The summed E-state index contributed by atoms with van der Waals surface area (Å²) in [6.45, 7) is 0. The maximum atomic E-state index is 2.49. The van der Waals surface area contributed by atoms with Gasteiger partial charge in [-0.2, -0.15) is 0 Å². The van der Waals surface area contributed by atoms with Crippen LogP contribution in [-0.2, 0) is 0 Å². The van der Waals surface area contributed by atoms with Crippen LogP contribution in [0, 0.1) is 0 Å². The van der Waals surface area contributed by atoms with E-state index in [1.807, 2.05) is 0 Å². The molecule has 0 atom stereocenters. The number of hydrogen-bond donors (Lipinski definition) is 0. The molecule has 0 radical (unpaired) electrons. The molecule has 0 bridgehead atoms. The third kappa shape index (κ3) is 6.97. The van der Waals surface area contributed by atoms with Gasteiger partial charge in [0.2, 0.25) is 0 Å². The summed E-state index contributed by atoms with van der Waals surface area (Å²) < 4.78 is 4.85. The number of para-hydroxylation sites is 6. The Morgan fingerprint density at radius 3 is 1.44 bits per heavy atom. The van der Waals surface area contributed by atoms with Crippen molar-refractivity contribution >= 4 is 71.4 Å². The van der Waals surface area contributed by atoms with E-state index in [-0.39, 0.29) is 0 Å². The number of hydrogen-bond acceptors (Lipinski definition) is 1. The van der Waals surface area contributed by atoms with Crippen molar-refractivity contribution < 1.29 is 0 Å². The van der Waals surface area contributed by atoms with E-state index in [1.165, 1.54) is 71.2 Å². The van der Waals surface area contributed by atoms with E-state index < -0.39 is 0 Å². The second-order valence-corrected chi connectivity index (χ2v) is 18.8. The van der Waals surface area contributed by atoms with Crippen molar-refractivity contribution in [2.24, 2.45) is 0 Å². The van der Waals surface area contributed by atoms with Gasteiger partial charge in [-0.1, -0.05) is 218 Å². The summed E-state index contributed by atoms with van der Waals surface area (Å²) in [5, 5.41) is 7.34. The molecule has 2 aromatic heterocycles. The molecule has 0 spiro atoms. The van der Waals surface area contributed by atoms with Crippen molar-refractivity contribution in [1.29, 1.82) is 0 Å². The molecular formula is C70H47N3. The van der Waals surface area contributed by atoms with Gasteiger partial charge in [0.15, 0.2) is 0 Å². The van der Waals surface area contributed by atoms with E-state index in [4.69, 9.17) is 0 Å². The smallest absolute Gasteiger partial charge is 0.0562 e. The summed E-state index contributed by atoms with van der Waals surface area (Å²) in [6.07, 6.45) is 0. The maximum Gasteiger partial charge on any atom is 0.0562 e. The van der Waals surface area contributed by atoms with Gasteiger partial charge in [0, 0.05) is 44.0 Å². The van der Waals surface area contributed by atoms with Crippen LogP contribution in [0.2, 0.25) is 0 Å². The molecule has 3 nitrogen and oxygen atoms in total. The average Bonchev–Trinajstić information content (AvgIpc) is 4.01. The highest BCUT2D eigenvalue weighted by Crippen LogP contribution is 2.49. The Balaban J connectivity index is 0.991. The predicted molar refractivity (Wildman–Crippen MR) is 309 cm³/mol. The van der Waals surface area contributed by atoms with Crippen LogP contribution in [-0.4, -0.2) is 9.13 Å². The van der Waals surface area contributed by atoms with Crippen molar-refractivity contribution in [3.05, 3.63) is 285 Å². The summed E-state index contributed by atoms with van der Waals surface area (Å²) in [7, 11) is 0. The molecule has 0 amide bonds. The van der Waals surface area contributed by atoms with Gasteiger partial charge in [0.1, 0.15) is 0 Å². The highest BCUT2D eigenvalue weighted by molar-refractivity contribution is 6.17. The minimum Gasteiger partial charge on any atom is -0.309 e. The van der Waals surface area contributed by atoms with Gasteiger partial charge >= 0.3 is 0 Å². The molecule has 0 aliphatic rings. The topological polar surface area (TPSA) is 13.1 Å². The first-order valence-corrected chi connectivity index (χ1v) is 25.1. The van der Waals surface area contributed by atoms with Gasteiger partial charge in [-0.25, -0.2) is 0 Å². The lowest BCUT2D eigenvalue weighted by atomic mass is 9.88. The summed E-state index contributed by atoms with van der Waals surface area (Å²) in [5.74, 6) is 0. The zero-order chi connectivity index (χ0) is 48.2. The second kappa shape index (κ2) is 17.6. The second-order valence-electron chi connectivity index (χ2n) is 18.8. The Morgan fingerprint density at radius 1 is 0.247 bits per heavy atom. The third-order valence-corrected chi connectivity index (χ3v) is 14.7. The van der Waals surface area contributed by atoms with Gasteiger partial charge in [0.05, 0.1) is 39.1 Å². The maximum absolute atomic E-state index is 2.49. The molecule has 2 heterocycles. The molecule has 12 aromatic carbocycles. The lowest BCUT2D eigenvalue weighted by molar-refractivity contribution is 1.18. The van der Waals surface area contributed by atoms with Crippen LogP contribution in [0.3, 0.4) is 0 Å². The fourth-order valence-corrected chi connectivity index (χ4v) is 11.6. The summed E-state index contributed by atoms with van der Waals surface area (Å²) in [4.78, 5) is 2.49. The molecule has 0 saturated heterocycles. The molecule has 0 saturated carbocycles. The summed E-state index contributed by atoms with van der Waals surface area (Å²) in [6, 6.07) is 104. The number of nitrogens with zero attached hydrogens (tertiary/aromatic N) is 3. The van der Waals surface area contributed by atoms with Crippen molar-refractivity contribution in [3.63, 3.8) is 0 Å². The standard InChI is InChI=1S/C70H47N3/c1-3-22-48(23-4-1)54-35-19-24-50-25-20-36-60(69(50)54)55-29-8-7-28-53(55)49-44-46-52(47-45-49)72(68-43-21-42-67-70(68)61-34-13-18-41-66(61)71(67)51-26-5-2-6-27-51)62-37-14-9-30-56(62)57-31-10-15-38-63(57)73-64-39-16-11-32-58(64)59-33-12-17-40-65(59)73/h1-47H. The molecule has 3 heteroatoms. The molecule has 14 aromatic rings. The Hall–Kier alpha value is -9.70. The normalized spacial score (nSPS) is 11.6. The average molecular weight is 930 g/mol. The summed E-state index contributed by atoms with van der Waals surface area (Å²) >= 11 is 0. The van der Waals surface area contributed by atoms with E-state index in [1.54, 1.807) is 0 Å². The molecule has 73 heavy (non-hydrogen) atoms. The van der Waals surface area contributed by atoms with E-state index in [0.717, 1.165) is 56.2 Å². The third-order valence-electron chi connectivity index (χ3n) is 14.7.